The largest absolute Gasteiger partial charge is 0.508 e. The lowest BCUT2D eigenvalue weighted by atomic mass is 10.2. The summed E-state index contributed by atoms with van der Waals surface area (Å²) in [5.41, 5.74) is 1.02. The molecule has 0 unspecified atom stereocenters. The number of morpholine rings is 1. The van der Waals surface area contributed by atoms with E-state index in [1.807, 2.05) is 12.1 Å². The first kappa shape index (κ1) is 9.98. The van der Waals surface area contributed by atoms with E-state index < -0.39 is 0 Å². The summed E-state index contributed by atoms with van der Waals surface area (Å²) in [7, 11) is 0. The molecule has 0 bridgehead atoms. The van der Waals surface area contributed by atoms with E-state index in [-0.39, 0.29) is 18.3 Å². The smallest absolute Gasteiger partial charge is 0.248 e. The van der Waals surface area contributed by atoms with Gasteiger partial charge in [0.1, 0.15) is 12.4 Å². The van der Waals surface area contributed by atoms with Gasteiger partial charge in [-0.15, -0.1) is 0 Å². The van der Waals surface area contributed by atoms with E-state index in [4.69, 9.17) is 9.84 Å². The van der Waals surface area contributed by atoms with Crippen LogP contribution < -0.4 is 0 Å². The normalized spacial score (nSPS) is 16.8. The van der Waals surface area contributed by atoms with Gasteiger partial charge in [-0.05, 0) is 17.7 Å². The van der Waals surface area contributed by atoms with Gasteiger partial charge in [-0.2, -0.15) is 0 Å². The van der Waals surface area contributed by atoms with Crippen LogP contribution >= 0.6 is 0 Å². The van der Waals surface area contributed by atoms with Gasteiger partial charge in [-0.3, -0.25) is 4.79 Å². The number of carbonyl (C=O) groups excluding carboxylic acids is 1. The number of hydrogen-bond donors (Lipinski definition) is 1. The molecule has 80 valence electrons. The number of nitrogens with zero attached hydrogens (tertiary/aromatic N) is 1. The number of ether oxygens (including phenoxy) is 1. The van der Waals surface area contributed by atoms with Gasteiger partial charge in [0.15, 0.2) is 0 Å². The van der Waals surface area contributed by atoms with Gasteiger partial charge in [0, 0.05) is 13.1 Å². The van der Waals surface area contributed by atoms with E-state index in [0.717, 1.165) is 5.56 Å². The molecule has 0 spiro atoms. The summed E-state index contributed by atoms with van der Waals surface area (Å²) in [4.78, 5) is 13.2. The van der Waals surface area contributed by atoms with Crippen LogP contribution in [0.4, 0.5) is 0 Å². The molecule has 4 heteroatoms. The lowest BCUT2D eigenvalue weighted by Gasteiger charge is -2.26. The van der Waals surface area contributed by atoms with Crippen molar-refractivity contribution in [3.8, 4) is 5.75 Å². The first-order valence-electron chi connectivity index (χ1n) is 4.89. The molecule has 1 fully saturated rings. The van der Waals surface area contributed by atoms with Gasteiger partial charge in [0.2, 0.25) is 5.91 Å². The topological polar surface area (TPSA) is 49.8 Å². The van der Waals surface area contributed by atoms with E-state index in [2.05, 4.69) is 0 Å². The molecule has 1 amide bonds. The SMILES string of the molecule is O=C1COCCN1Cc1ccc(O)cc1. The highest BCUT2D eigenvalue weighted by molar-refractivity contribution is 5.77. The Hall–Kier alpha value is -1.55. The Labute approximate surface area is 88.1 Å². The van der Waals surface area contributed by atoms with Crippen LogP contribution in [-0.4, -0.2) is 35.7 Å². The first-order chi connectivity index (χ1) is 7.25. The van der Waals surface area contributed by atoms with Crippen LogP contribution in [0.15, 0.2) is 24.3 Å². The van der Waals surface area contributed by atoms with Gasteiger partial charge in [0.25, 0.3) is 0 Å². The predicted molar refractivity (Wildman–Crippen MR) is 54.3 cm³/mol. The van der Waals surface area contributed by atoms with Crippen LogP contribution in [0.25, 0.3) is 0 Å². The summed E-state index contributed by atoms with van der Waals surface area (Å²) in [5.74, 6) is 0.265. The van der Waals surface area contributed by atoms with E-state index in [1.54, 1.807) is 17.0 Å². The molecule has 2 rings (SSSR count). The monoisotopic (exact) mass is 207 g/mol. The summed E-state index contributed by atoms with van der Waals surface area (Å²) < 4.78 is 5.04. The molecule has 0 radical (unpaired) electrons. The quantitative estimate of drug-likeness (QED) is 0.778. The van der Waals surface area contributed by atoms with Crippen molar-refractivity contribution in [2.24, 2.45) is 0 Å². The number of hydrogen-bond acceptors (Lipinski definition) is 3. The Morgan fingerprint density at radius 3 is 2.73 bits per heavy atom. The van der Waals surface area contributed by atoms with E-state index in [1.165, 1.54) is 0 Å². The fourth-order valence-corrected chi connectivity index (χ4v) is 1.54. The molecule has 0 aromatic heterocycles. The van der Waals surface area contributed by atoms with Crippen molar-refractivity contribution >= 4 is 5.91 Å². The fourth-order valence-electron chi connectivity index (χ4n) is 1.54. The van der Waals surface area contributed by atoms with Crippen LogP contribution in [0.2, 0.25) is 0 Å². The summed E-state index contributed by atoms with van der Waals surface area (Å²) >= 11 is 0. The van der Waals surface area contributed by atoms with Crippen LogP contribution in [-0.2, 0) is 16.1 Å². The van der Waals surface area contributed by atoms with Crippen LogP contribution in [0.3, 0.4) is 0 Å². The maximum absolute atomic E-state index is 11.4. The van der Waals surface area contributed by atoms with Crippen molar-refractivity contribution < 1.29 is 14.6 Å². The molecule has 15 heavy (non-hydrogen) atoms. The van der Waals surface area contributed by atoms with Crippen molar-refractivity contribution in [1.29, 1.82) is 0 Å². The second-order valence-corrected chi connectivity index (χ2v) is 3.53. The molecule has 1 aliphatic rings. The summed E-state index contributed by atoms with van der Waals surface area (Å²) in [5, 5.41) is 9.11. The molecule has 1 heterocycles. The molecule has 1 aliphatic heterocycles. The van der Waals surface area contributed by atoms with Gasteiger partial charge in [-0.1, -0.05) is 12.1 Å². The minimum Gasteiger partial charge on any atom is -0.508 e. The van der Waals surface area contributed by atoms with Crippen molar-refractivity contribution in [2.75, 3.05) is 19.8 Å². The summed E-state index contributed by atoms with van der Waals surface area (Å²) in [6.45, 7) is 2.00. The average Bonchev–Trinajstić information content (AvgIpc) is 2.25. The number of phenols is 1. The Bertz CT molecular complexity index is 347. The number of carbonyl (C=O) groups is 1. The summed E-state index contributed by atoms with van der Waals surface area (Å²) in [6, 6.07) is 6.89. The summed E-state index contributed by atoms with van der Waals surface area (Å²) in [6.07, 6.45) is 0. The maximum Gasteiger partial charge on any atom is 0.248 e. The molecule has 0 atom stereocenters. The lowest BCUT2D eigenvalue weighted by molar-refractivity contribution is -0.143. The van der Waals surface area contributed by atoms with E-state index >= 15 is 0 Å². The number of rotatable bonds is 2. The number of aromatic hydroxyl groups is 1. The molecule has 1 aromatic rings. The van der Waals surface area contributed by atoms with Gasteiger partial charge < -0.3 is 14.7 Å². The highest BCUT2D eigenvalue weighted by Crippen LogP contribution is 2.12. The zero-order chi connectivity index (χ0) is 10.7. The van der Waals surface area contributed by atoms with Crippen LogP contribution in [0.5, 0.6) is 5.75 Å². The second kappa shape index (κ2) is 4.31. The van der Waals surface area contributed by atoms with E-state index in [0.29, 0.717) is 19.7 Å². The fraction of sp³-hybridized carbons (Fsp3) is 0.364. The lowest BCUT2D eigenvalue weighted by Crippen LogP contribution is -2.40. The van der Waals surface area contributed by atoms with Crippen LogP contribution in [0, 0.1) is 0 Å². The molecule has 1 saturated heterocycles. The number of amides is 1. The third kappa shape index (κ3) is 2.47. The minimum atomic E-state index is 0.0225. The highest BCUT2D eigenvalue weighted by Gasteiger charge is 2.18. The molecular weight excluding hydrogens is 194 g/mol. The average molecular weight is 207 g/mol. The predicted octanol–water partition coefficient (Wildman–Crippen LogP) is 0.751. The van der Waals surface area contributed by atoms with Gasteiger partial charge in [0.05, 0.1) is 6.61 Å². The Morgan fingerprint density at radius 1 is 1.33 bits per heavy atom. The molecule has 4 nitrogen and oxygen atoms in total. The Balaban J connectivity index is 2.01. The molecular formula is C11H13NO3. The maximum atomic E-state index is 11.4. The Morgan fingerprint density at radius 2 is 2.07 bits per heavy atom. The minimum absolute atomic E-state index is 0.0225. The number of benzene rings is 1. The van der Waals surface area contributed by atoms with Crippen molar-refractivity contribution in [3.63, 3.8) is 0 Å². The highest BCUT2D eigenvalue weighted by atomic mass is 16.5. The van der Waals surface area contributed by atoms with Crippen molar-refractivity contribution in [3.05, 3.63) is 29.8 Å². The van der Waals surface area contributed by atoms with Crippen molar-refractivity contribution in [2.45, 2.75) is 6.54 Å². The van der Waals surface area contributed by atoms with E-state index in [9.17, 15) is 4.79 Å². The number of phenolic OH excluding ortho intramolecular Hbond substituents is 1. The molecule has 0 saturated carbocycles. The van der Waals surface area contributed by atoms with Gasteiger partial charge in [-0.25, -0.2) is 0 Å². The molecule has 1 aromatic carbocycles. The van der Waals surface area contributed by atoms with Crippen molar-refractivity contribution in [1.82, 2.24) is 4.90 Å². The Kier molecular flexibility index (Phi) is 2.87. The standard InChI is InChI=1S/C11H13NO3/c13-10-3-1-9(2-4-10)7-12-5-6-15-8-11(12)14/h1-4,13H,5-8H2. The third-order valence-electron chi connectivity index (χ3n) is 2.39. The molecule has 0 aliphatic carbocycles. The zero-order valence-electron chi connectivity index (χ0n) is 8.35. The third-order valence-corrected chi connectivity index (χ3v) is 2.39. The first-order valence-corrected chi connectivity index (χ1v) is 4.89. The zero-order valence-corrected chi connectivity index (χ0v) is 8.35. The molecule has 1 N–H and O–H groups in total. The van der Waals surface area contributed by atoms with Crippen LogP contribution in [0.1, 0.15) is 5.56 Å². The second-order valence-electron chi connectivity index (χ2n) is 3.53. The van der Waals surface area contributed by atoms with Gasteiger partial charge >= 0.3 is 0 Å².